The number of benzene rings is 1. The molecule has 0 spiro atoms. The molecular formula is C19H24ClN3O2S. The molecule has 0 bridgehead atoms. The number of hydrogen-bond acceptors (Lipinski definition) is 4. The minimum absolute atomic E-state index is 0.109. The molecule has 2 aromatic rings. The summed E-state index contributed by atoms with van der Waals surface area (Å²) in [5.74, 6) is -0.287. The number of hydrogen-bond donors (Lipinski definition) is 2. The Kier molecular flexibility index (Phi) is 7.63. The summed E-state index contributed by atoms with van der Waals surface area (Å²) in [5, 5.41) is 8.46. The van der Waals surface area contributed by atoms with E-state index in [1.807, 2.05) is 37.7 Å². The van der Waals surface area contributed by atoms with Crippen LogP contribution in [0.1, 0.15) is 35.9 Å². The fourth-order valence-corrected chi connectivity index (χ4v) is 3.73. The number of nitrogens with zero attached hydrogens (tertiary/aromatic N) is 1. The van der Waals surface area contributed by atoms with Crippen molar-refractivity contribution in [3.05, 3.63) is 57.2 Å². The van der Waals surface area contributed by atoms with Crippen LogP contribution in [0, 0.1) is 0 Å². The summed E-state index contributed by atoms with van der Waals surface area (Å²) in [7, 11) is 3.98. The van der Waals surface area contributed by atoms with E-state index in [1.54, 1.807) is 23.5 Å². The molecule has 2 N–H and O–H groups in total. The molecule has 26 heavy (non-hydrogen) atoms. The Morgan fingerprint density at radius 1 is 1.19 bits per heavy atom. The Bertz CT molecular complexity index is 717. The first-order valence-electron chi connectivity index (χ1n) is 8.36. The van der Waals surface area contributed by atoms with E-state index in [2.05, 4.69) is 21.6 Å². The van der Waals surface area contributed by atoms with E-state index in [0.717, 1.165) is 5.56 Å². The lowest BCUT2D eigenvalue weighted by Crippen LogP contribution is -2.37. The van der Waals surface area contributed by atoms with Gasteiger partial charge in [-0.1, -0.05) is 29.8 Å². The monoisotopic (exact) mass is 393 g/mol. The summed E-state index contributed by atoms with van der Waals surface area (Å²) in [6.45, 7) is 1.96. The minimum Gasteiger partial charge on any atom is -0.354 e. The van der Waals surface area contributed by atoms with Gasteiger partial charge >= 0.3 is 0 Å². The molecule has 1 heterocycles. The van der Waals surface area contributed by atoms with Crippen LogP contribution in [-0.2, 0) is 9.59 Å². The smallest absolute Gasteiger partial charge is 0.222 e. The lowest BCUT2D eigenvalue weighted by Gasteiger charge is -2.24. The molecule has 0 radical (unpaired) electrons. The number of rotatable bonds is 8. The predicted octanol–water partition coefficient (Wildman–Crippen LogP) is 3.39. The fraction of sp³-hybridized carbons (Fsp3) is 0.368. The Morgan fingerprint density at radius 2 is 1.88 bits per heavy atom. The van der Waals surface area contributed by atoms with E-state index in [4.69, 9.17) is 11.6 Å². The Balaban J connectivity index is 2.00. The van der Waals surface area contributed by atoms with Gasteiger partial charge in [-0.25, -0.2) is 0 Å². The van der Waals surface area contributed by atoms with Crippen LogP contribution in [0.5, 0.6) is 0 Å². The Hall–Kier alpha value is -1.89. The summed E-state index contributed by atoms with van der Waals surface area (Å²) < 4.78 is 0. The van der Waals surface area contributed by atoms with Gasteiger partial charge in [-0.2, -0.15) is 0 Å². The predicted molar refractivity (Wildman–Crippen MR) is 106 cm³/mol. The van der Waals surface area contributed by atoms with Crippen LogP contribution < -0.4 is 10.6 Å². The number of carbonyl (C=O) groups is 2. The van der Waals surface area contributed by atoms with Gasteiger partial charge in [0.25, 0.3) is 0 Å². The van der Waals surface area contributed by atoms with Crippen molar-refractivity contribution in [3.63, 3.8) is 0 Å². The highest BCUT2D eigenvalue weighted by atomic mass is 35.5. The van der Waals surface area contributed by atoms with Crippen LogP contribution in [0.25, 0.3) is 0 Å². The zero-order valence-electron chi connectivity index (χ0n) is 15.2. The highest BCUT2D eigenvalue weighted by Gasteiger charge is 2.20. The Morgan fingerprint density at radius 3 is 2.42 bits per heavy atom. The lowest BCUT2D eigenvalue weighted by molar-refractivity contribution is -0.123. The van der Waals surface area contributed by atoms with Crippen LogP contribution >= 0.6 is 22.9 Å². The van der Waals surface area contributed by atoms with Crippen molar-refractivity contribution in [2.75, 3.05) is 20.6 Å². The van der Waals surface area contributed by atoms with Crippen molar-refractivity contribution in [1.29, 1.82) is 0 Å². The van der Waals surface area contributed by atoms with Gasteiger partial charge in [0.05, 0.1) is 18.5 Å². The van der Waals surface area contributed by atoms with E-state index in [9.17, 15) is 9.59 Å². The van der Waals surface area contributed by atoms with Gasteiger partial charge in [0.1, 0.15) is 0 Å². The highest BCUT2D eigenvalue weighted by molar-refractivity contribution is 7.10. The third kappa shape index (κ3) is 6.12. The van der Waals surface area contributed by atoms with Crippen LogP contribution in [0.4, 0.5) is 0 Å². The summed E-state index contributed by atoms with van der Waals surface area (Å²) in [4.78, 5) is 27.3. The number of thiophene rings is 1. The highest BCUT2D eigenvalue weighted by Crippen LogP contribution is 2.23. The van der Waals surface area contributed by atoms with Crippen molar-refractivity contribution in [3.8, 4) is 0 Å². The maximum absolute atomic E-state index is 12.5. The normalized spacial score (nSPS) is 13.3. The van der Waals surface area contributed by atoms with Gasteiger partial charge in [-0.15, -0.1) is 11.3 Å². The summed E-state index contributed by atoms with van der Waals surface area (Å²) in [6.07, 6.45) is 0.172. The molecule has 2 atom stereocenters. The quantitative estimate of drug-likeness (QED) is 0.722. The molecule has 2 rings (SSSR count). The van der Waals surface area contributed by atoms with E-state index < -0.39 is 0 Å². The maximum Gasteiger partial charge on any atom is 0.222 e. The van der Waals surface area contributed by atoms with Gasteiger partial charge in [-0.3, -0.25) is 9.59 Å². The van der Waals surface area contributed by atoms with Crippen molar-refractivity contribution < 1.29 is 9.59 Å². The number of nitrogens with one attached hydrogen (secondary N) is 2. The molecule has 0 aliphatic carbocycles. The second-order valence-corrected chi connectivity index (χ2v) is 7.72. The van der Waals surface area contributed by atoms with E-state index in [0.29, 0.717) is 11.6 Å². The molecule has 1 aromatic heterocycles. The van der Waals surface area contributed by atoms with Crippen molar-refractivity contribution in [2.45, 2.75) is 25.4 Å². The van der Waals surface area contributed by atoms with E-state index in [-0.39, 0.29) is 30.3 Å². The first kappa shape index (κ1) is 20.4. The summed E-state index contributed by atoms with van der Waals surface area (Å²) >= 11 is 7.59. The molecular weight excluding hydrogens is 370 g/mol. The molecule has 0 saturated heterocycles. The second-order valence-electron chi connectivity index (χ2n) is 6.31. The third-order valence-corrected chi connectivity index (χ3v) is 5.25. The van der Waals surface area contributed by atoms with Crippen LogP contribution in [-0.4, -0.2) is 37.4 Å². The summed E-state index contributed by atoms with van der Waals surface area (Å²) in [5.41, 5.74) is 0.849. The largest absolute Gasteiger partial charge is 0.354 e. The zero-order valence-corrected chi connectivity index (χ0v) is 16.7. The lowest BCUT2D eigenvalue weighted by atomic mass is 10.0. The molecule has 1 aromatic carbocycles. The van der Waals surface area contributed by atoms with Crippen LogP contribution in [0.2, 0.25) is 5.02 Å². The molecule has 5 nitrogen and oxygen atoms in total. The average Bonchev–Trinajstić information content (AvgIpc) is 3.08. The number of carbonyl (C=O) groups excluding carboxylic acids is 2. The van der Waals surface area contributed by atoms with Crippen molar-refractivity contribution >= 4 is 34.8 Å². The van der Waals surface area contributed by atoms with E-state index >= 15 is 0 Å². The molecule has 0 aliphatic heterocycles. The zero-order chi connectivity index (χ0) is 19.1. The van der Waals surface area contributed by atoms with Crippen LogP contribution in [0.3, 0.4) is 0 Å². The fourth-order valence-electron chi connectivity index (χ4n) is 2.68. The van der Waals surface area contributed by atoms with Gasteiger partial charge in [0, 0.05) is 23.4 Å². The molecule has 0 aliphatic rings. The minimum atomic E-state index is -0.385. The summed E-state index contributed by atoms with van der Waals surface area (Å²) in [6, 6.07) is 11.0. The van der Waals surface area contributed by atoms with Crippen molar-refractivity contribution in [2.24, 2.45) is 0 Å². The molecule has 2 unspecified atom stereocenters. The second kappa shape index (κ2) is 9.71. The van der Waals surface area contributed by atoms with Crippen molar-refractivity contribution in [1.82, 2.24) is 15.5 Å². The SMILES string of the molecule is CC(=O)NC(CC(=O)NCC(c1cccs1)N(C)C)c1ccc(Cl)cc1. The topological polar surface area (TPSA) is 61.4 Å². The van der Waals surface area contributed by atoms with Gasteiger partial charge in [0.2, 0.25) is 11.8 Å². The standard InChI is InChI=1S/C19H24ClN3O2S/c1-13(24)22-16(14-6-8-15(20)9-7-14)11-19(25)21-12-17(23(2)3)18-5-4-10-26-18/h4-10,16-17H,11-12H2,1-3H3,(H,21,25)(H,22,24). The maximum atomic E-state index is 12.5. The first-order chi connectivity index (χ1) is 12.4. The van der Waals surface area contributed by atoms with E-state index in [1.165, 1.54) is 11.8 Å². The van der Waals surface area contributed by atoms with Gasteiger partial charge in [0.15, 0.2) is 0 Å². The van der Waals surface area contributed by atoms with Crippen LogP contribution in [0.15, 0.2) is 41.8 Å². The Labute approximate surface area is 163 Å². The van der Waals surface area contributed by atoms with Gasteiger partial charge in [-0.05, 0) is 43.2 Å². The third-order valence-electron chi connectivity index (χ3n) is 4.03. The van der Waals surface area contributed by atoms with Gasteiger partial charge < -0.3 is 15.5 Å². The molecule has 2 amide bonds. The molecule has 7 heteroatoms. The molecule has 140 valence electrons. The first-order valence-corrected chi connectivity index (χ1v) is 9.61. The molecule has 0 saturated carbocycles. The number of likely N-dealkylation sites (N-methyl/N-ethyl adjacent to an activating group) is 1. The molecule has 0 fully saturated rings. The number of halogens is 1. The number of amides is 2. The average molecular weight is 394 g/mol.